The molecule has 3 heteroatoms. The number of nitrogens with one attached hydrogen (secondary N) is 1. The van der Waals surface area contributed by atoms with Crippen LogP contribution in [0.4, 0.5) is 0 Å². The quantitative estimate of drug-likeness (QED) is 0.818. The summed E-state index contributed by atoms with van der Waals surface area (Å²) in [5.74, 6) is 1.25. The van der Waals surface area contributed by atoms with E-state index in [1.807, 2.05) is 18.2 Å². The highest BCUT2D eigenvalue weighted by Gasteiger charge is 2.44. The molecule has 0 aromatic heterocycles. The summed E-state index contributed by atoms with van der Waals surface area (Å²) in [6.45, 7) is 0. The average Bonchev–Trinajstić information content (AvgIpc) is 3.36. The molecule has 0 radical (unpaired) electrons. The van der Waals surface area contributed by atoms with Crippen molar-refractivity contribution in [1.29, 1.82) is 0 Å². The number of carbonyl (C=O) groups excluding carboxylic acids is 2. The molecule has 1 N–H and O–H groups in total. The molecular formula is C19H25NO2. The van der Waals surface area contributed by atoms with E-state index in [1.165, 1.54) is 18.4 Å². The van der Waals surface area contributed by atoms with Crippen molar-refractivity contribution in [3.05, 3.63) is 35.9 Å². The molecule has 1 aromatic rings. The molecule has 1 aromatic carbocycles. The van der Waals surface area contributed by atoms with Crippen LogP contribution >= 0.6 is 0 Å². The lowest BCUT2D eigenvalue weighted by atomic mass is 9.81. The number of amides is 1. The van der Waals surface area contributed by atoms with Crippen LogP contribution in [0.15, 0.2) is 30.3 Å². The van der Waals surface area contributed by atoms with Crippen molar-refractivity contribution >= 4 is 12.2 Å². The van der Waals surface area contributed by atoms with Gasteiger partial charge in [0.15, 0.2) is 0 Å². The molecule has 2 aliphatic carbocycles. The Balaban J connectivity index is 1.54. The molecule has 2 aliphatic rings. The highest BCUT2D eigenvalue weighted by atomic mass is 16.2. The lowest BCUT2D eigenvalue weighted by Crippen LogP contribution is -2.43. The second-order valence-corrected chi connectivity index (χ2v) is 6.76. The van der Waals surface area contributed by atoms with Gasteiger partial charge in [-0.3, -0.25) is 4.79 Å². The van der Waals surface area contributed by atoms with Crippen molar-refractivity contribution in [1.82, 2.24) is 5.32 Å². The van der Waals surface area contributed by atoms with Crippen LogP contribution in [0.2, 0.25) is 0 Å². The van der Waals surface area contributed by atoms with Gasteiger partial charge in [-0.25, -0.2) is 0 Å². The molecule has 118 valence electrons. The smallest absolute Gasteiger partial charge is 0.223 e. The summed E-state index contributed by atoms with van der Waals surface area (Å²) in [6.07, 6.45) is 8.14. The largest absolute Gasteiger partial charge is 0.353 e. The van der Waals surface area contributed by atoms with Crippen LogP contribution in [-0.4, -0.2) is 18.2 Å². The Labute approximate surface area is 132 Å². The van der Waals surface area contributed by atoms with E-state index in [0.29, 0.717) is 18.3 Å². The first kappa shape index (κ1) is 15.3. The molecule has 0 spiro atoms. The van der Waals surface area contributed by atoms with E-state index in [0.717, 1.165) is 32.0 Å². The summed E-state index contributed by atoms with van der Waals surface area (Å²) < 4.78 is 0. The second kappa shape index (κ2) is 7.08. The van der Waals surface area contributed by atoms with Gasteiger partial charge in [-0.1, -0.05) is 43.2 Å². The van der Waals surface area contributed by atoms with Crippen molar-refractivity contribution < 1.29 is 9.59 Å². The number of hydrogen-bond acceptors (Lipinski definition) is 2. The van der Waals surface area contributed by atoms with Crippen molar-refractivity contribution in [2.75, 3.05) is 0 Å². The van der Waals surface area contributed by atoms with Crippen LogP contribution in [0.3, 0.4) is 0 Å². The summed E-state index contributed by atoms with van der Waals surface area (Å²) in [7, 11) is 0. The lowest BCUT2D eigenvalue weighted by molar-refractivity contribution is -0.123. The minimum absolute atomic E-state index is 0.149. The maximum atomic E-state index is 12.5. The minimum atomic E-state index is 0.149. The van der Waals surface area contributed by atoms with Gasteiger partial charge in [-0.15, -0.1) is 0 Å². The number of aldehydes is 1. The van der Waals surface area contributed by atoms with Gasteiger partial charge in [0, 0.05) is 18.4 Å². The third kappa shape index (κ3) is 3.57. The normalized spacial score (nSPS) is 30.5. The Morgan fingerprint density at radius 2 is 1.95 bits per heavy atom. The monoisotopic (exact) mass is 299 g/mol. The van der Waals surface area contributed by atoms with Gasteiger partial charge in [0.05, 0.1) is 0 Å². The molecular weight excluding hydrogens is 274 g/mol. The van der Waals surface area contributed by atoms with E-state index in [2.05, 4.69) is 17.4 Å². The first-order valence-electron chi connectivity index (χ1n) is 8.58. The fourth-order valence-electron chi connectivity index (χ4n) is 3.87. The van der Waals surface area contributed by atoms with Crippen LogP contribution in [0.25, 0.3) is 0 Å². The first-order valence-corrected chi connectivity index (χ1v) is 8.58. The lowest BCUT2D eigenvalue weighted by Gasteiger charge is -2.32. The van der Waals surface area contributed by atoms with Crippen molar-refractivity contribution in [2.24, 2.45) is 11.8 Å². The van der Waals surface area contributed by atoms with Crippen molar-refractivity contribution in [3.8, 4) is 0 Å². The van der Waals surface area contributed by atoms with Gasteiger partial charge in [-0.05, 0) is 43.1 Å². The van der Waals surface area contributed by atoms with Crippen LogP contribution in [0.5, 0.6) is 0 Å². The van der Waals surface area contributed by atoms with Crippen LogP contribution in [-0.2, 0) is 9.59 Å². The minimum Gasteiger partial charge on any atom is -0.353 e. The van der Waals surface area contributed by atoms with E-state index in [9.17, 15) is 9.59 Å². The SMILES string of the molecule is O=CCCC1CCCCC1NC(=O)C1CC1c1ccccc1. The molecule has 4 atom stereocenters. The van der Waals surface area contributed by atoms with Gasteiger partial charge in [-0.2, -0.15) is 0 Å². The Kier molecular flexibility index (Phi) is 4.91. The predicted molar refractivity (Wildman–Crippen MR) is 86.5 cm³/mol. The third-order valence-corrected chi connectivity index (χ3v) is 5.25. The van der Waals surface area contributed by atoms with Crippen LogP contribution < -0.4 is 5.32 Å². The summed E-state index contributed by atoms with van der Waals surface area (Å²) in [5.41, 5.74) is 1.28. The van der Waals surface area contributed by atoms with Gasteiger partial charge >= 0.3 is 0 Å². The van der Waals surface area contributed by atoms with Gasteiger partial charge in [0.2, 0.25) is 5.91 Å². The zero-order valence-electron chi connectivity index (χ0n) is 13.0. The summed E-state index contributed by atoms with van der Waals surface area (Å²) in [6, 6.07) is 10.6. The topological polar surface area (TPSA) is 46.2 Å². The molecule has 2 fully saturated rings. The number of hydrogen-bond donors (Lipinski definition) is 1. The van der Waals surface area contributed by atoms with Gasteiger partial charge < -0.3 is 10.1 Å². The second-order valence-electron chi connectivity index (χ2n) is 6.76. The molecule has 1 amide bonds. The Hall–Kier alpha value is -1.64. The molecule has 0 aliphatic heterocycles. The molecule has 0 bridgehead atoms. The molecule has 2 saturated carbocycles. The molecule has 3 nitrogen and oxygen atoms in total. The van der Waals surface area contributed by atoms with Gasteiger partial charge in [0.25, 0.3) is 0 Å². The molecule has 0 saturated heterocycles. The Bertz CT molecular complexity index is 513. The fraction of sp³-hybridized carbons (Fsp3) is 0.579. The van der Waals surface area contributed by atoms with E-state index in [4.69, 9.17) is 0 Å². The summed E-state index contributed by atoms with van der Waals surface area (Å²) in [5, 5.41) is 3.28. The molecule has 4 unspecified atom stereocenters. The van der Waals surface area contributed by atoms with E-state index in [-0.39, 0.29) is 17.9 Å². The average molecular weight is 299 g/mol. The Morgan fingerprint density at radius 1 is 1.18 bits per heavy atom. The van der Waals surface area contributed by atoms with Crippen molar-refractivity contribution in [2.45, 2.75) is 56.9 Å². The fourth-order valence-corrected chi connectivity index (χ4v) is 3.87. The third-order valence-electron chi connectivity index (χ3n) is 5.25. The molecule has 22 heavy (non-hydrogen) atoms. The standard InChI is InChI=1S/C19H25NO2/c21-12-6-10-15-9-4-5-11-18(15)20-19(22)17-13-16(17)14-7-2-1-3-8-14/h1-3,7-8,12,15-18H,4-6,9-11,13H2,(H,20,22). The molecule has 0 heterocycles. The number of carbonyl (C=O) groups is 2. The highest BCUT2D eigenvalue weighted by Crippen LogP contribution is 2.47. The van der Waals surface area contributed by atoms with E-state index < -0.39 is 0 Å². The number of rotatable bonds is 6. The van der Waals surface area contributed by atoms with Crippen molar-refractivity contribution in [3.63, 3.8) is 0 Å². The summed E-state index contributed by atoms with van der Waals surface area (Å²) in [4.78, 5) is 23.1. The predicted octanol–water partition coefficient (Wildman–Crippen LogP) is 3.44. The van der Waals surface area contributed by atoms with E-state index >= 15 is 0 Å². The zero-order valence-corrected chi connectivity index (χ0v) is 13.0. The zero-order chi connectivity index (χ0) is 15.4. The number of benzene rings is 1. The van der Waals surface area contributed by atoms with E-state index in [1.54, 1.807) is 0 Å². The maximum absolute atomic E-state index is 12.5. The van der Waals surface area contributed by atoms with Crippen LogP contribution in [0.1, 0.15) is 56.4 Å². The van der Waals surface area contributed by atoms with Crippen LogP contribution in [0, 0.1) is 11.8 Å². The highest BCUT2D eigenvalue weighted by molar-refractivity contribution is 5.83. The van der Waals surface area contributed by atoms with Gasteiger partial charge in [0.1, 0.15) is 6.29 Å². The maximum Gasteiger partial charge on any atom is 0.223 e. The molecule has 3 rings (SSSR count). The summed E-state index contributed by atoms with van der Waals surface area (Å²) >= 11 is 0. The Morgan fingerprint density at radius 3 is 2.73 bits per heavy atom. The first-order chi connectivity index (χ1) is 10.8.